The lowest BCUT2D eigenvalue weighted by molar-refractivity contribution is 0.555. The average Bonchev–Trinajstić information content (AvgIpc) is 2.98. The molecule has 6 heteroatoms. The Morgan fingerprint density at radius 1 is 1.50 bits per heavy atom. The first-order valence-electron chi connectivity index (χ1n) is 6.32. The highest BCUT2D eigenvalue weighted by molar-refractivity contribution is 7.07. The predicted molar refractivity (Wildman–Crippen MR) is 82.4 cm³/mol. The van der Waals surface area contributed by atoms with Crippen LogP contribution >= 0.6 is 11.3 Å². The minimum Gasteiger partial charge on any atom is -0.408 e. The highest BCUT2D eigenvalue weighted by atomic mass is 32.1. The van der Waals surface area contributed by atoms with Crippen LogP contribution in [0, 0.1) is 0 Å². The maximum absolute atomic E-state index is 11.2. The first kappa shape index (κ1) is 12.8. The molecule has 20 heavy (non-hydrogen) atoms. The summed E-state index contributed by atoms with van der Waals surface area (Å²) < 4.78 is 4.98. The van der Waals surface area contributed by atoms with Crippen LogP contribution in [0.4, 0.5) is 11.4 Å². The molecule has 0 saturated heterocycles. The van der Waals surface area contributed by atoms with Crippen LogP contribution in [0.1, 0.15) is 12.5 Å². The van der Waals surface area contributed by atoms with Gasteiger partial charge in [-0.3, -0.25) is 4.98 Å². The molecule has 1 unspecified atom stereocenters. The molecule has 3 rings (SSSR count). The van der Waals surface area contributed by atoms with Gasteiger partial charge in [0, 0.05) is 12.1 Å². The lowest BCUT2D eigenvalue weighted by atomic mass is 10.1. The molecular weight excluding hydrogens is 274 g/mol. The summed E-state index contributed by atoms with van der Waals surface area (Å²) in [7, 11) is 0. The highest BCUT2D eigenvalue weighted by Gasteiger charge is 2.10. The second-order valence-electron chi connectivity index (χ2n) is 4.83. The fraction of sp³-hybridized carbons (Fsp3) is 0.214. The van der Waals surface area contributed by atoms with E-state index in [-0.39, 0.29) is 6.04 Å². The molecule has 0 amide bonds. The topological polar surface area (TPSA) is 84.0 Å². The van der Waals surface area contributed by atoms with Crippen molar-refractivity contribution in [2.45, 2.75) is 19.4 Å². The summed E-state index contributed by atoms with van der Waals surface area (Å²) in [5.41, 5.74) is 9.77. The van der Waals surface area contributed by atoms with Crippen LogP contribution in [0.15, 0.2) is 38.2 Å². The van der Waals surface area contributed by atoms with Gasteiger partial charge in [0.1, 0.15) is 0 Å². The van der Waals surface area contributed by atoms with Crippen molar-refractivity contribution < 1.29 is 4.42 Å². The number of nitrogens with one attached hydrogen (secondary N) is 2. The predicted octanol–water partition coefficient (Wildman–Crippen LogP) is 2.81. The first-order valence-corrected chi connectivity index (χ1v) is 7.26. The fourth-order valence-electron chi connectivity index (χ4n) is 2.22. The lowest BCUT2D eigenvalue weighted by Gasteiger charge is -2.16. The van der Waals surface area contributed by atoms with Gasteiger partial charge in [0.2, 0.25) is 0 Å². The van der Waals surface area contributed by atoms with Gasteiger partial charge in [-0.1, -0.05) is 0 Å². The van der Waals surface area contributed by atoms with E-state index >= 15 is 0 Å². The largest absolute Gasteiger partial charge is 0.417 e. The Labute approximate surface area is 119 Å². The number of fused-ring (bicyclic) bond motifs is 1. The van der Waals surface area contributed by atoms with Crippen LogP contribution in [0.3, 0.4) is 0 Å². The summed E-state index contributed by atoms with van der Waals surface area (Å²) in [6.07, 6.45) is 0.920. The third-order valence-corrected chi connectivity index (χ3v) is 3.85. The average molecular weight is 289 g/mol. The smallest absolute Gasteiger partial charge is 0.408 e. The zero-order chi connectivity index (χ0) is 14.1. The minimum absolute atomic E-state index is 0.239. The number of nitrogen functional groups attached to an aromatic ring is 1. The van der Waals surface area contributed by atoms with Crippen molar-refractivity contribution in [3.63, 3.8) is 0 Å². The van der Waals surface area contributed by atoms with Crippen molar-refractivity contribution in [3.05, 3.63) is 45.1 Å². The SMILES string of the molecule is CC(Cc1ccsc1)Nc1cc2[nH]c(=O)oc2cc1N. The molecule has 4 N–H and O–H groups in total. The van der Waals surface area contributed by atoms with Gasteiger partial charge in [-0.2, -0.15) is 11.3 Å². The van der Waals surface area contributed by atoms with E-state index in [1.807, 2.05) is 0 Å². The number of aromatic nitrogens is 1. The molecule has 0 aliphatic rings. The Morgan fingerprint density at radius 2 is 2.35 bits per heavy atom. The number of oxazole rings is 1. The van der Waals surface area contributed by atoms with Gasteiger partial charge in [0.15, 0.2) is 5.58 Å². The second-order valence-corrected chi connectivity index (χ2v) is 5.61. The molecule has 2 heterocycles. The van der Waals surface area contributed by atoms with Crippen molar-refractivity contribution in [1.29, 1.82) is 0 Å². The number of hydrogen-bond donors (Lipinski definition) is 3. The summed E-state index contributed by atoms with van der Waals surface area (Å²) in [6, 6.07) is 5.82. The molecule has 104 valence electrons. The highest BCUT2D eigenvalue weighted by Crippen LogP contribution is 2.25. The van der Waals surface area contributed by atoms with E-state index in [0.717, 1.165) is 12.1 Å². The fourth-order valence-corrected chi connectivity index (χ4v) is 2.90. The van der Waals surface area contributed by atoms with Gasteiger partial charge in [0.05, 0.1) is 16.9 Å². The van der Waals surface area contributed by atoms with Crippen LogP contribution in [-0.4, -0.2) is 11.0 Å². The van der Waals surface area contributed by atoms with E-state index in [2.05, 4.69) is 34.1 Å². The van der Waals surface area contributed by atoms with Crippen molar-refractivity contribution in [2.75, 3.05) is 11.1 Å². The van der Waals surface area contributed by atoms with Crippen LogP contribution in [0.25, 0.3) is 11.1 Å². The first-order chi connectivity index (χ1) is 9.61. The molecule has 0 saturated carbocycles. The third-order valence-electron chi connectivity index (χ3n) is 3.12. The monoisotopic (exact) mass is 289 g/mol. The van der Waals surface area contributed by atoms with Gasteiger partial charge < -0.3 is 15.5 Å². The van der Waals surface area contributed by atoms with Crippen LogP contribution < -0.4 is 16.8 Å². The number of benzene rings is 1. The molecule has 0 spiro atoms. The number of rotatable bonds is 4. The summed E-state index contributed by atoms with van der Waals surface area (Å²) in [4.78, 5) is 13.8. The van der Waals surface area contributed by atoms with E-state index in [1.54, 1.807) is 23.5 Å². The molecule has 0 aliphatic heterocycles. The Morgan fingerprint density at radius 3 is 3.10 bits per heavy atom. The molecule has 1 atom stereocenters. The van der Waals surface area contributed by atoms with Gasteiger partial charge in [-0.25, -0.2) is 4.79 Å². The molecule has 1 aromatic carbocycles. The summed E-state index contributed by atoms with van der Waals surface area (Å²) in [5.74, 6) is -0.470. The molecule has 2 aromatic heterocycles. The maximum atomic E-state index is 11.2. The third kappa shape index (κ3) is 2.55. The normalized spacial score (nSPS) is 12.7. The van der Waals surface area contributed by atoms with Gasteiger partial charge in [-0.15, -0.1) is 0 Å². The lowest BCUT2D eigenvalue weighted by Crippen LogP contribution is -2.18. The van der Waals surface area contributed by atoms with Gasteiger partial charge in [0.25, 0.3) is 0 Å². The molecule has 0 radical (unpaired) electrons. The molecule has 3 aromatic rings. The molecule has 0 aliphatic carbocycles. The maximum Gasteiger partial charge on any atom is 0.417 e. The molecule has 0 fully saturated rings. The number of H-pyrrole nitrogens is 1. The summed E-state index contributed by atoms with van der Waals surface area (Å²) in [6.45, 7) is 2.10. The van der Waals surface area contributed by atoms with Crippen LogP contribution in [-0.2, 0) is 6.42 Å². The quantitative estimate of drug-likeness (QED) is 0.645. The van der Waals surface area contributed by atoms with E-state index in [0.29, 0.717) is 16.8 Å². The van der Waals surface area contributed by atoms with E-state index < -0.39 is 5.76 Å². The summed E-state index contributed by atoms with van der Waals surface area (Å²) in [5, 5.41) is 7.57. The Balaban J connectivity index is 1.82. The molecule has 0 bridgehead atoms. The Bertz CT molecular complexity index is 773. The van der Waals surface area contributed by atoms with Gasteiger partial charge in [-0.05, 0) is 41.8 Å². The molecule has 5 nitrogen and oxygen atoms in total. The Hall–Kier alpha value is -2.21. The van der Waals surface area contributed by atoms with E-state index in [1.165, 1.54) is 5.56 Å². The van der Waals surface area contributed by atoms with E-state index in [9.17, 15) is 4.79 Å². The molecular formula is C14H15N3O2S. The van der Waals surface area contributed by atoms with Crippen molar-refractivity contribution >= 4 is 33.8 Å². The minimum atomic E-state index is -0.470. The van der Waals surface area contributed by atoms with Crippen molar-refractivity contribution in [2.24, 2.45) is 0 Å². The Kier molecular flexibility index (Phi) is 3.23. The van der Waals surface area contributed by atoms with Crippen molar-refractivity contribution in [1.82, 2.24) is 4.98 Å². The number of aromatic amines is 1. The van der Waals surface area contributed by atoms with Crippen LogP contribution in [0.5, 0.6) is 0 Å². The zero-order valence-electron chi connectivity index (χ0n) is 11.0. The van der Waals surface area contributed by atoms with Gasteiger partial charge >= 0.3 is 5.76 Å². The van der Waals surface area contributed by atoms with Crippen molar-refractivity contribution in [3.8, 4) is 0 Å². The number of thiophene rings is 1. The van der Waals surface area contributed by atoms with Crippen LogP contribution in [0.2, 0.25) is 0 Å². The standard InChI is InChI=1S/C14H15N3O2S/c1-8(4-9-2-3-20-7-9)16-11-6-12-13(5-10(11)15)19-14(18)17-12/h2-3,5-8,16H,4,15H2,1H3,(H,17,18). The number of hydrogen-bond acceptors (Lipinski definition) is 5. The second kappa shape index (κ2) is 5.05. The summed E-state index contributed by atoms with van der Waals surface area (Å²) >= 11 is 1.69. The number of anilines is 2. The zero-order valence-corrected chi connectivity index (χ0v) is 11.8. The number of nitrogens with two attached hydrogens (primary N) is 1. The van der Waals surface area contributed by atoms with E-state index in [4.69, 9.17) is 10.2 Å².